The first-order chi connectivity index (χ1) is 11.1. The number of nitrogens with zero attached hydrogens (tertiary/aromatic N) is 3. The van der Waals surface area contributed by atoms with Crippen LogP contribution in [0.2, 0.25) is 0 Å². The Kier molecular flexibility index (Phi) is 6.56. The zero-order valence-corrected chi connectivity index (χ0v) is 14.2. The zero-order valence-electron chi connectivity index (χ0n) is 14.2. The molecule has 23 heavy (non-hydrogen) atoms. The SMILES string of the molecule is CCc1cc(C(=O)N2C[C@@H](CN(C)CCOC)[C@@H](CO)C2)on1. The van der Waals surface area contributed by atoms with E-state index in [9.17, 15) is 9.90 Å². The summed E-state index contributed by atoms with van der Waals surface area (Å²) in [6, 6.07) is 1.70. The van der Waals surface area contributed by atoms with Crippen molar-refractivity contribution >= 4 is 5.91 Å². The molecule has 1 aromatic rings. The van der Waals surface area contributed by atoms with Crippen LogP contribution in [0.15, 0.2) is 10.6 Å². The molecule has 2 rings (SSSR count). The molecule has 2 atom stereocenters. The van der Waals surface area contributed by atoms with Crippen molar-refractivity contribution in [3.8, 4) is 0 Å². The fraction of sp³-hybridized carbons (Fsp3) is 0.750. The summed E-state index contributed by atoms with van der Waals surface area (Å²) in [5, 5.41) is 13.5. The lowest BCUT2D eigenvalue weighted by Gasteiger charge is -2.23. The molecule has 1 aromatic heterocycles. The molecule has 0 aromatic carbocycles. The molecule has 7 heteroatoms. The number of hydrogen-bond donors (Lipinski definition) is 1. The van der Waals surface area contributed by atoms with E-state index in [0.717, 1.165) is 25.2 Å². The van der Waals surface area contributed by atoms with Crippen LogP contribution in [0.1, 0.15) is 23.2 Å². The van der Waals surface area contributed by atoms with Crippen molar-refractivity contribution in [2.75, 3.05) is 53.6 Å². The van der Waals surface area contributed by atoms with Gasteiger partial charge in [0, 0.05) is 51.9 Å². The predicted molar refractivity (Wildman–Crippen MR) is 85.2 cm³/mol. The number of aryl methyl sites for hydroxylation is 1. The Labute approximate surface area is 137 Å². The van der Waals surface area contributed by atoms with Gasteiger partial charge in [0.25, 0.3) is 5.91 Å². The summed E-state index contributed by atoms with van der Waals surface area (Å²) < 4.78 is 10.2. The van der Waals surface area contributed by atoms with E-state index in [1.165, 1.54) is 0 Å². The Morgan fingerprint density at radius 2 is 2.26 bits per heavy atom. The Hall–Kier alpha value is -1.44. The number of carbonyl (C=O) groups is 1. The van der Waals surface area contributed by atoms with Gasteiger partial charge < -0.3 is 24.2 Å². The highest BCUT2D eigenvalue weighted by atomic mass is 16.5. The van der Waals surface area contributed by atoms with Gasteiger partial charge in [-0.2, -0.15) is 0 Å². The third-order valence-corrected chi connectivity index (χ3v) is 4.45. The number of hydrogen-bond acceptors (Lipinski definition) is 6. The Morgan fingerprint density at radius 1 is 1.52 bits per heavy atom. The number of amides is 1. The maximum atomic E-state index is 12.5. The van der Waals surface area contributed by atoms with Crippen LogP contribution in [0, 0.1) is 11.8 Å². The average Bonchev–Trinajstić information content (AvgIpc) is 3.18. The predicted octanol–water partition coefficient (Wildman–Crippen LogP) is 0.496. The lowest BCUT2D eigenvalue weighted by Crippen LogP contribution is -2.33. The van der Waals surface area contributed by atoms with Crippen LogP contribution in [0.3, 0.4) is 0 Å². The molecule has 7 nitrogen and oxygen atoms in total. The van der Waals surface area contributed by atoms with E-state index in [-0.39, 0.29) is 30.1 Å². The Morgan fingerprint density at radius 3 is 2.87 bits per heavy atom. The van der Waals surface area contributed by atoms with Gasteiger partial charge in [0.1, 0.15) is 0 Å². The normalized spacial score (nSPS) is 21.3. The van der Waals surface area contributed by atoms with Gasteiger partial charge in [-0.25, -0.2) is 0 Å². The molecule has 1 aliphatic rings. The summed E-state index contributed by atoms with van der Waals surface area (Å²) >= 11 is 0. The molecule has 130 valence electrons. The van der Waals surface area contributed by atoms with E-state index in [0.29, 0.717) is 19.7 Å². The molecule has 0 aliphatic carbocycles. The quantitative estimate of drug-likeness (QED) is 0.750. The van der Waals surface area contributed by atoms with Crippen molar-refractivity contribution in [2.45, 2.75) is 13.3 Å². The minimum absolute atomic E-state index is 0.0865. The number of methoxy groups -OCH3 is 1. The van der Waals surface area contributed by atoms with E-state index < -0.39 is 0 Å². The number of rotatable bonds is 8. The molecule has 1 N–H and O–H groups in total. The maximum Gasteiger partial charge on any atom is 0.292 e. The van der Waals surface area contributed by atoms with Gasteiger partial charge in [0.2, 0.25) is 5.76 Å². The van der Waals surface area contributed by atoms with Gasteiger partial charge in [0.15, 0.2) is 0 Å². The summed E-state index contributed by atoms with van der Waals surface area (Å²) in [5.74, 6) is 0.488. The second-order valence-electron chi connectivity index (χ2n) is 6.20. The van der Waals surface area contributed by atoms with Gasteiger partial charge in [-0.15, -0.1) is 0 Å². The van der Waals surface area contributed by atoms with E-state index in [4.69, 9.17) is 9.26 Å². The highest BCUT2D eigenvalue weighted by molar-refractivity contribution is 5.91. The third kappa shape index (κ3) is 4.53. The maximum absolute atomic E-state index is 12.5. The molecule has 0 saturated carbocycles. The van der Waals surface area contributed by atoms with Crippen molar-refractivity contribution in [3.63, 3.8) is 0 Å². The molecule has 1 saturated heterocycles. The van der Waals surface area contributed by atoms with Crippen molar-refractivity contribution in [1.29, 1.82) is 0 Å². The summed E-state index contributed by atoms with van der Waals surface area (Å²) in [5.41, 5.74) is 0.780. The van der Waals surface area contributed by atoms with Gasteiger partial charge in [-0.05, 0) is 19.4 Å². The van der Waals surface area contributed by atoms with Gasteiger partial charge in [-0.3, -0.25) is 4.79 Å². The fourth-order valence-corrected chi connectivity index (χ4v) is 2.99. The minimum atomic E-state index is -0.141. The molecular formula is C16H27N3O4. The number of aromatic nitrogens is 1. The standard InChI is InChI=1S/C16H27N3O4/c1-4-14-7-15(23-17-14)16(21)19-9-12(13(10-19)11-20)8-18(2)5-6-22-3/h7,12-13,20H,4-6,8-11H2,1-3H3/t12-,13-/m1/s1. The first kappa shape index (κ1) is 17.9. The molecule has 0 unspecified atom stereocenters. The first-order valence-electron chi connectivity index (χ1n) is 8.12. The second-order valence-corrected chi connectivity index (χ2v) is 6.20. The van der Waals surface area contributed by atoms with Crippen LogP contribution in [-0.2, 0) is 11.2 Å². The summed E-state index contributed by atoms with van der Waals surface area (Å²) in [6.45, 7) is 5.58. The highest BCUT2D eigenvalue weighted by Gasteiger charge is 2.36. The minimum Gasteiger partial charge on any atom is -0.396 e. The smallest absolute Gasteiger partial charge is 0.292 e. The van der Waals surface area contributed by atoms with Crippen LogP contribution in [0.5, 0.6) is 0 Å². The summed E-state index contributed by atoms with van der Waals surface area (Å²) in [6.07, 6.45) is 0.739. The molecule has 1 amide bonds. The number of carbonyl (C=O) groups excluding carboxylic acids is 1. The number of aliphatic hydroxyl groups is 1. The van der Waals surface area contributed by atoms with Crippen LogP contribution in [0.4, 0.5) is 0 Å². The van der Waals surface area contributed by atoms with Crippen LogP contribution >= 0.6 is 0 Å². The van der Waals surface area contributed by atoms with E-state index in [2.05, 4.69) is 10.1 Å². The van der Waals surface area contributed by atoms with E-state index in [1.54, 1.807) is 18.1 Å². The van der Waals surface area contributed by atoms with Gasteiger partial charge >= 0.3 is 0 Å². The molecular weight excluding hydrogens is 298 g/mol. The highest BCUT2D eigenvalue weighted by Crippen LogP contribution is 2.25. The van der Waals surface area contributed by atoms with Crippen molar-refractivity contribution in [3.05, 3.63) is 17.5 Å². The largest absolute Gasteiger partial charge is 0.396 e. The molecule has 1 fully saturated rings. The van der Waals surface area contributed by atoms with Crippen molar-refractivity contribution in [1.82, 2.24) is 15.0 Å². The van der Waals surface area contributed by atoms with E-state index in [1.807, 2.05) is 14.0 Å². The topological polar surface area (TPSA) is 79.0 Å². The lowest BCUT2D eigenvalue weighted by atomic mass is 9.96. The van der Waals surface area contributed by atoms with Gasteiger partial charge in [0.05, 0.1) is 12.3 Å². The number of ether oxygens (including phenoxy) is 1. The molecule has 0 radical (unpaired) electrons. The van der Waals surface area contributed by atoms with Crippen LogP contribution in [0.25, 0.3) is 0 Å². The Bertz CT molecular complexity index is 505. The molecule has 2 heterocycles. The number of likely N-dealkylation sites (tertiary alicyclic amines) is 1. The number of likely N-dealkylation sites (N-methyl/N-ethyl adjacent to an activating group) is 1. The third-order valence-electron chi connectivity index (χ3n) is 4.45. The zero-order chi connectivity index (χ0) is 16.8. The average molecular weight is 325 g/mol. The molecule has 1 aliphatic heterocycles. The fourth-order valence-electron chi connectivity index (χ4n) is 2.99. The Balaban J connectivity index is 1.95. The monoisotopic (exact) mass is 325 g/mol. The van der Waals surface area contributed by atoms with Crippen molar-refractivity contribution < 1.29 is 19.2 Å². The molecule has 0 spiro atoms. The first-order valence-corrected chi connectivity index (χ1v) is 8.12. The van der Waals surface area contributed by atoms with Crippen LogP contribution < -0.4 is 0 Å². The summed E-state index contributed by atoms with van der Waals surface area (Å²) in [7, 11) is 3.71. The van der Waals surface area contributed by atoms with Crippen molar-refractivity contribution in [2.24, 2.45) is 11.8 Å². The lowest BCUT2D eigenvalue weighted by molar-refractivity contribution is 0.0737. The summed E-state index contributed by atoms with van der Waals surface area (Å²) in [4.78, 5) is 16.5. The van der Waals surface area contributed by atoms with E-state index >= 15 is 0 Å². The molecule has 0 bridgehead atoms. The number of aliphatic hydroxyl groups excluding tert-OH is 1. The van der Waals surface area contributed by atoms with Crippen LogP contribution in [-0.4, -0.2) is 79.5 Å². The van der Waals surface area contributed by atoms with Gasteiger partial charge in [-0.1, -0.05) is 12.1 Å². The second kappa shape index (κ2) is 8.42.